The minimum absolute atomic E-state index is 0.0894. The fourth-order valence-electron chi connectivity index (χ4n) is 1.24. The highest BCUT2D eigenvalue weighted by Gasteiger charge is 2.20. The fraction of sp³-hybridized carbons (Fsp3) is 0.333. The van der Waals surface area contributed by atoms with Gasteiger partial charge in [-0.05, 0) is 28.7 Å². The molecule has 0 amide bonds. The summed E-state index contributed by atoms with van der Waals surface area (Å²) in [6.07, 6.45) is -3.26. The average Bonchev–Trinajstić information content (AvgIpc) is 2.14. The lowest BCUT2D eigenvalue weighted by molar-refractivity contribution is -0.136. The molecule has 0 radical (unpaired) electrons. The molecule has 0 saturated heterocycles. The van der Waals surface area contributed by atoms with Crippen molar-refractivity contribution in [2.24, 2.45) is 5.73 Å². The summed E-state index contributed by atoms with van der Waals surface area (Å²) in [5, 5.41) is 8.61. The number of halogens is 3. The van der Waals surface area contributed by atoms with Crippen LogP contribution in [-0.4, -0.2) is 16.1 Å². The summed E-state index contributed by atoms with van der Waals surface area (Å²) < 4.78 is 25.7. The molecule has 0 fully saturated rings. The highest BCUT2D eigenvalue weighted by Crippen LogP contribution is 2.28. The van der Waals surface area contributed by atoms with Crippen molar-refractivity contribution in [2.45, 2.75) is 19.4 Å². The standard InChI is InChI=1S/C9H9F2IN2O2/c10-9(11)8-5(12)1-4(3-13)14-6(8)2-7(15)16/h1,9H,2-3,13H2,(H,15,16). The van der Waals surface area contributed by atoms with E-state index in [1.807, 2.05) is 0 Å². The van der Waals surface area contributed by atoms with Gasteiger partial charge in [-0.3, -0.25) is 9.78 Å². The highest BCUT2D eigenvalue weighted by atomic mass is 127. The number of aliphatic carboxylic acids is 1. The van der Waals surface area contributed by atoms with Crippen LogP contribution in [0.15, 0.2) is 6.07 Å². The van der Waals surface area contributed by atoms with Crippen LogP contribution in [0.4, 0.5) is 8.78 Å². The number of carboxylic acids is 1. The van der Waals surface area contributed by atoms with Gasteiger partial charge in [0.1, 0.15) is 0 Å². The Balaban J connectivity index is 3.28. The van der Waals surface area contributed by atoms with Crippen LogP contribution in [0.2, 0.25) is 0 Å². The zero-order valence-corrected chi connectivity index (χ0v) is 10.2. The van der Waals surface area contributed by atoms with Gasteiger partial charge in [0.25, 0.3) is 6.43 Å². The lowest BCUT2D eigenvalue weighted by Gasteiger charge is -2.10. The van der Waals surface area contributed by atoms with E-state index >= 15 is 0 Å². The molecule has 16 heavy (non-hydrogen) atoms. The Morgan fingerprint density at radius 3 is 2.69 bits per heavy atom. The summed E-state index contributed by atoms with van der Waals surface area (Å²) in [6, 6.07) is 1.44. The topological polar surface area (TPSA) is 76.2 Å². The van der Waals surface area contributed by atoms with Gasteiger partial charge in [-0.15, -0.1) is 0 Å². The number of aromatic nitrogens is 1. The number of alkyl halides is 2. The molecule has 0 aliphatic heterocycles. The SMILES string of the molecule is NCc1cc(I)c(C(F)F)c(CC(=O)O)n1. The van der Waals surface area contributed by atoms with Gasteiger partial charge >= 0.3 is 5.97 Å². The second-order valence-electron chi connectivity index (χ2n) is 3.03. The summed E-state index contributed by atoms with van der Waals surface area (Å²) >= 11 is 1.73. The van der Waals surface area contributed by atoms with Crippen LogP contribution in [0.5, 0.6) is 0 Å². The molecule has 1 rings (SSSR count). The molecule has 0 spiro atoms. The summed E-state index contributed by atoms with van der Waals surface area (Å²) in [5.41, 5.74) is 5.32. The summed E-state index contributed by atoms with van der Waals surface area (Å²) in [6.45, 7) is 0.0894. The minimum Gasteiger partial charge on any atom is -0.481 e. The Kier molecular flexibility index (Phi) is 4.54. The van der Waals surface area contributed by atoms with Gasteiger partial charge in [-0.25, -0.2) is 8.78 Å². The molecule has 0 saturated carbocycles. The molecule has 0 aromatic carbocycles. The maximum atomic E-state index is 12.7. The average molecular weight is 342 g/mol. The molecule has 4 nitrogen and oxygen atoms in total. The van der Waals surface area contributed by atoms with Crippen molar-refractivity contribution in [1.82, 2.24) is 4.98 Å². The van der Waals surface area contributed by atoms with Crippen molar-refractivity contribution in [3.05, 3.63) is 26.6 Å². The van der Waals surface area contributed by atoms with Crippen LogP contribution in [0.3, 0.4) is 0 Å². The van der Waals surface area contributed by atoms with E-state index in [0.29, 0.717) is 9.26 Å². The number of rotatable bonds is 4. The lowest BCUT2D eigenvalue weighted by Crippen LogP contribution is -2.12. The number of carbonyl (C=O) groups is 1. The minimum atomic E-state index is -2.74. The molecule has 0 bridgehead atoms. The van der Waals surface area contributed by atoms with Crippen molar-refractivity contribution in [2.75, 3.05) is 0 Å². The number of hydrogen-bond acceptors (Lipinski definition) is 3. The number of hydrogen-bond donors (Lipinski definition) is 2. The number of pyridine rings is 1. The Morgan fingerprint density at radius 1 is 1.62 bits per heavy atom. The molecular formula is C9H9F2IN2O2. The molecule has 7 heteroatoms. The van der Waals surface area contributed by atoms with E-state index in [2.05, 4.69) is 4.98 Å². The highest BCUT2D eigenvalue weighted by molar-refractivity contribution is 14.1. The van der Waals surface area contributed by atoms with Gasteiger partial charge in [0, 0.05) is 10.1 Å². The third-order valence-electron chi connectivity index (χ3n) is 1.89. The van der Waals surface area contributed by atoms with Gasteiger partial charge in [-0.2, -0.15) is 0 Å². The van der Waals surface area contributed by atoms with Crippen LogP contribution in [0.1, 0.15) is 23.4 Å². The number of carboxylic acid groups (broad SMARTS) is 1. The van der Waals surface area contributed by atoms with Crippen molar-refractivity contribution in [3.8, 4) is 0 Å². The Bertz CT molecular complexity index is 413. The Labute approximate surface area is 104 Å². The van der Waals surface area contributed by atoms with Gasteiger partial charge in [0.05, 0.1) is 23.4 Å². The molecular weight excluding hydrogens is 333 g/mol. The molecule has 88 valence electrons. The van der Waals surface area contributed by atoms with E-state index in [1.54, 1.807) is 22.6 Å². The molecule has 1 aromatic rings. The maximum Gasteiger partial charge on any atom is 0.309 e. The quantitative estimate of drug-likeness (QED) is 0.817. The zero-order chi connectivity index (χ0) is 12.3. The van der Waals surface area contributed by atoms with E-state index in [1.165, 1.54) is 6.07 Å². The van der Waals surface area contributed by atoms with Crippen molar-refractivity contribution in [3.63, 3.8) is 0 Å². The van der Waals surface area contributed by atoms with E-state index in [-0.39, 0.29) is 17.8 Å². The van der Waals surface area contributed by atoms with Crippen molar-refractivity contribution >= 4 is 28.6 Å². The smallest absolute Gasteiger partial charge is 0.309 e. The van der Waals surface area contributed by atoms with E-state index in [4.69, 9.17) is 10.8 Å². The van der Waals surface area contributed by atoms with E-state index < -0.39 is 18.8 Å². The predicted molar refractivity (Wildman–Crippen MR) is 61.1 cm³/mol. The molecule has 3 N–H and O–H groups in total. The van der Waals surface area contributed by atoms with Crippen molar-refractivity contribution < 1.29 is 18.7 Å². The first kappa shape index (κ1) is 13.2. The van der Waals surface area contributed by atoms with Crippen molar-refractivity contribution in [1.29, 1.82) is 0 Å². The molecule has 0 aliphatic carbocycles. The van der Waals surface area contributed by atoms with Crippen LogP contribution in [0.25, 0.3) is 0 Å². The van der Waals surface area contributed by atoms with Gasteiger partial charge < -0.3 is 10.8 Å². The number of nitrogens with two attached hydrogens (primary N) is 1. The van der Waals surface area contributed by atoms with Crippen LogP contribution in [0, 0.1) is 3.57 Å². The summed E-state index contributed by atoms with van der Waals surface area (Å²) in [4.78, 5) is 14.4. The van der Waals surface area contributed by atoms with Gasteiger partial charge in [-0.1, -0.05) is 0 Å². The first-order valence-corrected chi connectivity index (χ1v) is 5.41. The maximum absolute atomic E-state index is 12.7. The van der Waals surface area contributed by atoms with Gasteiger partial charge in [0.2, 0.25) is 0 Å². The monoisotopic (exact) mass is 342 g/mol. The molecule has 0 atom stereocenters. The second-order valence-corrected chi connectivity index (χ2v) is 4.19. The largest absolute Gasteiger partial charge is 0.481 e. The second kappa shape index (κ2) is 5.48. The van der Waals surface area contributed by atoms with E-state index in [0.717, 1.165) is 0 Å². The summed E-state index contributed by atoms with van der Waals surface area (Å²) in [5.74, 6) is -1.20. The zero-order valence-electron chi connectivity index (χ0n) is 8.08. The Morgan fingerprint density at radius 2 is 2.25 bits per heavy atom. The lowest BCUT2D eigenvalue weighted by atomic mass is 10.1. The first-order chi connectivity index (χ1) is 7.45. The first-order valence-electron chi connectivity index (χ1n) is 4.34. The summed E-state index contributed by atoms with van der Waals surface area (Å²) in [7, 11) is 0. The molecule has 1 heterocycles. The third kappa shape index (κ3) is 3.08. The van der Waals surface area contributed by atoms with Crippen LogP contribution < -0.4 is 5.73 Å². The third-order valence-corrected chi connectivity index (χ3v) is 2.78. The predicted octanol–water partition coefficient (Wildman–Crippen LogP) is 1.71. The molecule has 1 aromatic heterocycles. The molecule has 0 unspecified atom stereocenters. The number of nitrogens with zero attached hydrogens (tertiary/aromatic N) is 1. The van der Waals surface area contributed by atoms with Crippen LogP contribution in [-0.2, 0) is 17.8 Å². The normalized spacial score (nSPS) is 10.8. The van der Waals surface area contributed by atoms with Crippen LogP contribution >= 0.6 is 22.6 Å². The van der Waals surface area contributed by atoms with E-state index in [9.17, 15) is 13.6 Å². The van der Waals surface area contributed by atoms with Gasteiger partial charge in [0.15, 0.2) is 0 Å². The fourth-order valence-corrected chi connectivity index (χ4v) is 2.15. The molecule has 0 aliphatic rings. The Hall–Kier alpha value is -0.830.